The van der Waals surface area contributed by atoms with Crippen LogP contribution in [0.5, 0.6) is 0 Å². The van der Waals surface area contributed by atoms with E-state index in [1.807, 2.05) is 51.5 Å². The minimum absolute atomic E-state index is 0.0730. The average Bonchev–Trinajstić information content (AvgIpc) is 3.46. The molecule has 1 aliphatic carbocycles. The van der Waals surface area contributed by atoms with Gasteiger partial charge < -0.3 is 9.84 Å². The Labute approximate surface area is 242 Å². The lowest BCUT2D eigenvalue weighted by atomic mass is 9.92. The molecule has 1 saturated carbocycles. The van der Waals surface area contributed by atoms with Crippen molar-refractivity contribution < 1.29 is 9.84 Å². The third-order valence-electron chi connectivity index (χ3n) is 8.09. The molecular formula is C34H40N4O3. The molecule has 0 spiro atoms. The number of aryl methyl sites for hydroxylation is 1. The predicted molar refractivity (Wildman–Crippen MR) is 161 cm³/mol. The predicted octanol–water partition coefficient (Wildman–Crippen LogP) is 6.24. The summed E-state index contributed by atoms with van der Waals surface area (Å²) in [6.07, 6.45) is 8.63. The first-order valence-corrected chi connectivity index (χ1v) is 14.8. The zero-order valence-corrected chi connectivity index (χ0v) is 24.3. The summed E-state index contributed by atoms with van der Waals surface area (Å²) in [5, 5.41) is 24.3. The second kappa shape index (κ2) is 12.4. The average molecular weight is 553 g/mol. The van der Waals surface area contributed by atoms with Gasteiger partial charge in [0.05, 0.1) is 41.8 Å². The van der Waals surface area contributed by atoms with E-state index in [9.17, 15) is 15.2 Å². The SMILES string of the molecule is CCCCc1c(Cc2ccc(-c3ccccc3C#N)cc2)c(=O)n(C2CCC(OCC(C)(C)O)CC2)c2ccnn12. The van der Waals surface area contributed by atoms with Gasteiger partial charge in [0.25, 0.3) is 5.56 Å². The summed E-state index contributed by atoms with van der Waals surface area (Å²) >= 11 is 0. The Bertz CT molecular complexity index is 1580. The second-order valence-corrected chi connectivity index (χ2v) is 11.9. The highest BCUT2D eigenvalue weighted by molar-refractivity contribution is 5.70. The van der Waals surface area contributed by atoms with Crippen LogP contribution in [0.25, 0.3) is 16.8 Å². The van der Waals surface area contributed by atoms with E-state index in [1.165, 1.54) is 0 Å². The van der Waals surface area contributed by atoms with Crippen molar-refractivity contribution in [1.82, 2.24) is 14.2 Å². The van der Waals surface area contributed by atoms with E-state index in [1.54, 1.807) is 20.0 Å². The summed E-state index contributed by atoms with van der Waals surface area (Å²) in [5.74, 6) is 0. The van der Waals surface area contributed by atoms with Gasteiger partial charge in [-0.25, -0.2) is 4.52 Å². The van der Waals surface area contributed by atoms with Gasteiger partial charge in [0, 0.05) is 24.1 Å². The Balaban J connectivity index is 1.46. The normalized spacial score (nSPS) is 17.5. The fraction of sp³-hybridized carbons (Fsp3) is 0.441. The van der Waals surface area contributed by atoms with E-state index in [0.717, 1.165) is 78.5 Å². The minimum atomic E-state index is -0.849. The van der Waals surface area contributed by atoms with Crippen molar-refractivity contribution in [2.75, 3.05) is 6.61 Å². The van der Waals surface area contributed by atoms with Gasteiger partial charge in [-0.15, -0.1) is 0 Å². The Morgan fingerprint density at radius 3 is 2.49 bits per heavy atom. The molecule has 1 aliphatic rings. The molecular weight excluding hydrogens is 512 g/mol. The zero-order valence-electron chi connectivity index (χ0n) is 24.3. The summed E-state index contributed by atoms with van der Waals surface area (Å²) in [6.45, 7) is 5.99. The van der Waals surface area contributed by atoms with E-state index in [2.05, 4.69) is 30.2 Å². The number of hydrogen-bond acceptors (Lipinski definition) is 5. The third kappa shape index (κ3) is 6.45. The molecule has 7 nitrogen and oxygen atoms in total. The Morgan fingerprint density at radius 2 is 1.80 bits per heavy atom. The molecule has 0 radical (unpaired) electrons. The number of hydrogen-bond donors (Lipinski definition) is 1. The summed E-state index contributed by atoms with van der Waals surface area (Å²) in [5.41, 5.74) is 5.48. The van der Waals surface area contributed by atoms with Crippen LogP contribution in [0.4, 0.5) is 0 Å². The van der Waals surface area contributed by atoms with Crippen LogP contribution in [-0.2, 0) is 17.6 Å². The van der Waals surface area contributed by atoms with Gasteiger partial charge in [-0.1, -0.05) is 55.8 Å². The second-order valence-electron chi connectivity index (χ2n) is 11.9. The maximum absolute atomic E-state index is 14.3. The molecule has 0 aliphatic heterocycles. The summed E-state index contributed by atoms with van der Waals surface area (Å²) in [6, 6.07) is 20.1. The molecule has 2 aromatic heterocycles. The largest absolute Gasteiger partial charge is 0.388 e. The smallest absolute Gasteiger partial charge is 0.257 e. The van der Waals surface area contributed by atoms with Crippen LogP contribution in [-0.4, -0.2) is 37.6 Å². The highest BCUT2D eigenvalue weighted by Gasteiger charge is 2.28. The number of nitrogens with zero attached hydrogens (tertiary/aromatic N) is 4. The van der Waals surface area contributed by atoms with Gasteiger partial charge in [-0.2, -0.15) is 10.4 Å². The van der Waals surface area contributed by atoms with Crippen molar-refractivity contribution in [3.05, 3.63) is 93.5 Å². The first-order chi connectivity index (χ1) is 19.8. The molecule has 0 atom stereocenters. The molecule has 1 fully saturated rings. The first kappa shape index (κ1) is 28.8. The van der Waals surface area contributed by atoms with Crippen LogP contribution >= 0.6 is 0 Å². The highest BCUT2D eigenvalue weighted by Crippen LogP contribution is 2.32. The van der Waals surface area contributed by atoms with E-state index in [0.29, 0.717) is 18.6 Å². The first-order valence-electron chi connectivity index (χ1n) is 14.8. The van der Waals surface area contributed by atoms with Crippen LogP contribution < -0.4 is 5.56 Å². The minimum Gasteiger partial charge on any atom is -0.388 e. The monoisotopic (exact) mass is 552 g/mol. The van der Waals surface area contributed by atoms with Crippen LogP contribution in [0, 0.1) is 11.3 Å². The van der Waals surface area contributed by atoms with Crippen LogP contribution in [0.2, 0.25) is 0 Å². The van der Waals surface area contributed by atoms with Crippen LogP contribution in [0.3, 0.4) is 0 Å². The molecule has 1 N–H and O–H groups in total. The number of aromatic nitrogens is 3. The summed E-state index contributed by atoms with van der Waals surface area (Å²) < 4.78 is 9.94. The quantitative estimate of drug-likeness (QED) is 0.251. The topological polar surface area (TPSA) is 92.5 Å². The molecule has 5 rings (SSSR count). The fourth-order valence-corrected chi connectivity index (χ4v) is 5.95. The molecule has 2 aromatic carbocycles. The maximum Gasteiger partial charge on any atom is 0.257 e. The van der Waals surface area contributed by atoms with Gasteiger partial charge in [-0.05, 0) is 75.1 Å². The molecule has 41 heavy (non-hydrogen) atoms. The van der Waals surface area contributed by atoms with Gasteiger partial charge in [-0.3, -0.25) is 9.36 Å². The molecule has 214 valence electrons. The lowest BCUT2D eigenvalue weighted by molar-refractivity contribution is -0.0654. The van der Waals surface area contributed by atoms with Crippen LogP contribution in [0.1, 0.15) is 87.7 Å². The summed E-state index contributed by atoms with van der Waals surface area (Å²) in [7, 11) is 0. The number of benzene rings is 2. The molecule has 0 amide bonds. The third-order valence-corrected chi connectivity index (χ3v) is 8.09. The van der Waals surface area contributed by atoms with Crippen molar-refractivity contribution in [3.63, 3.8) is 0 Å². The van der Waals surface area contributed by atoms with Crippen LogP contribution in [0.15, 0.2) is 65.6 Å². The van der Waals surface area contributed by atoms with E-state index in [-0.39, 0.29) is 17.7 Å². The molecule has 0 bridgehead atoms. The number of aliphatic hydroxyl groups is 1. The van der Waals surface area contributed by atoms with Crippen molar-refractivity contribution in [1.29, 1.82) is 5.26 Å². The number of fused-ring (bicyclic) bond motifs is 1. The van der Waals surface area contributed by atoms with Gasteiger partial charge in [0.2, 0.25) is 0 Å². The number of unbranched alkanes of at least 4 members (excludes halogenated alkanes) is 1. The van der Waals surface area contributed by atoms with E-state index >= 15 is 0 Å². The lowest BCUT2D eigenvalue weighted by Gasteiger charge is -2.32. The van der Waals surface area contributed by atoms with Gasteiger partial charge in [0.1, 0.15) is 5.65 Å². The van der Waals surface area contributed by atoms with Crippen molar-refractivity contribution in [2.45, 2.75) is 89.9 Å². The molecule has 2 heterocycles. The Hall–Kier alpha value is -3.73. The summed E-state index contributed by atoms with van der Waals surface area (Å²) in [4.78, 5) is 14.3. The van der Waals surface area contributed by atoms with E-state index < -0.39 is 5.60 Å². The molecule has 0 saturated heterocycles. The van der Waals surface area contributed by atoms with Gasteiger partial charge >= 0.3 is 0 Å². The van der Waals surface area contributed by atoms with Crippen molar-refractivity contribution in [2.24, 2.45) is 0 Å². The fourth-order valence-electron chi connectivity index (χ4n) is 5.95. The molecule has 7 heteroatoms. The van der Waals surface area contributed by atoms with Crippen molar-refractivity contribution in [3.8, 4) is 17.2 Å². The standard InChI is InChI=1S/C34H40N4O3/c1-4-5-10-31-30(21-24-11-13-25(14-12-24)29-9-7-6-8-26(29)22-35)33(39)37(32-19-20-36-38(31)32)27-15-17-28(18-16-27)41-23-34(2,3)40/h6-9,11-14,19-20,27-28,40H,4-5,10,15-18,21,23H2,1-3H3. The molecule has 4 aromatic rings. The molecule has 0 unspecified atom stereocenters. The Morgan fingerprint density at radius 1 is 1.07 bits per heavy atom. The zero-order chi connectivity index (χ0) is 29.0. The maximum atomic E-state index is 14.3. The lowest BCUT2D eigenvalue weighted by Crippen LogP contribution is -2.36. The van der Waals surface area contributed by atoms with Crippen molar-refractivity contribution >= 4 is 5.65 Å². The van der Waals surface area contributed by atoms with E-state index in [4.69, 9.17) is 4.74 Å². The number of ether oxygens (including phenoxy) is 1. The highest BCUT2D eigenvalue weighted by atomic mass is 16.5. The van der Waals surface area contributed by atoms with Gasteiger partial charge in [0.15, 0.2) is 0 Å². The number of nitriles is 1. The Kier molecular flexibility index (Phi) is 8.72. The number of rotatable bonds is 10.